The lowest BCUT2D eigenvalue weighted by atomic mass is 10.2. The van der Waals surface area contributed by atoms with Crippen molar-refractivity contribution in [2.75, 3.05) is 0 Å². The molecule has 2 aromatic heterocycles. The number of rotatable bonds is 0. The molecule has 0 atom stereocenters. The second-order valence-corrected chi connectivity index (χ2v) is 8.31. The van der Waals surface area contributed by atoms with Gasteiger partial charge in [0.2, 0.25) is 0 Å². The molecule has 0 N–H and O–H groups in total. The first kappa shape index (κ1) is 18.0. The van der Waals surface area contributed by atoms with E-state index in [0.717, 1.165) is 40.0 Å². The van der Waals surface area contributed by atoms with E-state index in [-0.39, 0.29) is 0 Å². The molecule has 0 unspecified atom stereocenters. The summed E-state index contributed by atoms with van der Waals surface area (Å²) in [7, 11) is 0. The summed E-state index contributed by atoms with van der Waals surface area (Å²) in [6.45, 7) is 0. The molecule has 0 saturated heterocycles. The van der Waals surface area contributed by atoms with Gasteiger partial charge in [-0.3, -0.25) is 0 Å². The number of para-hydroxylation sites is 1. The number of hydrogen-bond donors (Lipinski definition) is 0. The monoisotopic (exact) mass is 570 g/mol. The van der Waals surface area contributed by atoms with Gasteiger partial charge in [-0.05, 0) is 84.2 Å². The van der Waals surface area contributed by atoms with Crippen LogP contribution in [0, 0.1) is 0 Å². The van der Waals surface area contributed by atoms with E-state index in [9.17, 15) is 0 Å². The van der Waals surface area contributed by atoms with Gasteiger partial charge in [-0.2, -0.15) is 0 Å². The summed E-state index contributed by atoms with van der Waals surface area (Å²) in [4.78, 5) is 8.64. The molecule has 24 heavy (non-hydrogen) atoms. The van der Waals surface area contributed by atoms with Gasteiger partial charge in [0.1, 0.15) is 9.21 Å². The van der Waals surface area contributed by atoms with E-state index in [1.165, 1.54) is 0 Å². The van der Waals surface area contributed by atoms with Crippen LogP contribution in [0.25, 0.3) is 21.8 Å². The Morgan fingerprint density at radius 2 is 1.38 bits per heavy atom. The van der Waals surface area contributed by atoms with Gasteiger partial charge in [-0.25, -0.2) is 9.97 Å². The molecule has 0 bridgehead atoms. The number of nitrogens with zero attached hydrogens (tertiary/aromatic N) is 2. The van der Waals surface area contributed by atoms with E-state index in [0.29, 0.717) is 0 Å². The third kappa shape index (κ3) is 4.42. The highest BCUT2D eigenvalue weighted by Crippen LogP contribution is 2.25. The Balaban J connectivity index is 0.000000141. The topological polar surface area (TPSA) is 25.8 Å². The highest BCUT2D eigenvalue weighted by molar-refractivity contribution is 9.11. The van der Waals surface area contributed by atoms with Crippen molar-refractivity contribution in [3.8, 4) is 0 Å². The van der Waals surface area contributed by atoms with Crippen molar-refractivity contribution in [1.82, 2.24) is 9.97 Å². The van der Waals surface area contributed by atoms with Gasteiger partial charge in [0.05, 0.1) is 11.0 Å². The maximum atomic E-state index is 4.32. The quantitative estimate of drug-likeness (QED) is 0.203. The zero-order valence-corrected chi connectivity index (χ0v) is 18.5. The third-order valence-corrected chi connectivity index (χ3v) is 5.25. The number of hydrogen-bond acceptors (Lipinski definition) is 2. The SMILES string of the molecule is Brc1cc(Br)c2ccccc2n1.Brc1ccc2nc(Br)ccc2c1. The summed E-state index contributed by atoms with van der Waals surface area (Å²) in [5, 5.41) is 2.29. The number of halogens is 4. The van der Waals surface area contributed by atoms with Gasteiger partial charge in [-0.1, -0.05) is 40.2 Å². The molecular formula is C18H10Br4N2. The van der Waals surface area contributed by atoms with Crippen LogP contribution in [-0.2, 0) is 0 Å². The van der Waals surface area contributed by atoms with Crippen molar-refractivity contribution in [2.45, 2.75) is 0 Å². The number of aromatic nitrogens is 2. The van der Waals surface area contributed by atoms with Gasteiger partial charge in [0.15, 0.2) is 0 Å². The highest BCUT2D eigenvalue weighted by atomic mass is 79.9. The minimum Gasteiger partial charge on any atom is -0.241 e. The van der Waals surface area contributed by atoms with E-state index >= 15 is 0 Å². The molecule has 2 nitrogen and oxygen atoms in total. The third-order valence-electron chi connectivity index (χ3n) is 3.25. The predicted molar refractivity (Wildman–Crippen MR) is 114 cm³/mol. The van der Waals surface area contributed by atoms with Crippen molar-refractivity contribution in [2.24, 2.45) is 0 Å². The average molecular weight is 574 g/mol. The zero-order chi connectivity index (χ0) is 17.1. The Morgan fingerprint density at radius 1 is 0.625 bits per heavy atom. The van der Waals surface area contributed by atoms with E-state index in [2.05, 4.69) is 79.8 Å². The zero-order valence-electron chi connectivity index (χ0n) is 12.2. The molecule has 4 rings (SSSR count). The Kier molecular flexibility index (Phi) is 6.02. The van der Waals surface area contributed by atoms with Crippen LogP contribution in [0.2, 0.25) is 0 Å². The van der Waals surface area contributed by atoms with Crippen LogP contribution >= 0.6 is 63.7 Å². The minimum absolute atomic E-state index is 0.855. The first-order valence-corrected chi connectivity index (χ1v) is 10.1. The van der Waals surface area contributed by atoms with E-state index < -0.39 is 0 Å². The van der Waals surface area contributed by atoms with E-state index in [1.54, 1.807) is 0 Å². The van der Waals surface area contributed by atoms with Gasteiger partial charge in [0.25, 0.3) is 0 Å². The number of fused-ring (bicyclic) bond motifs is 2. The van der Waals surface area contributed by atoms with Crippen LogP contribution in [-0.4, -0.2) is 9.97 Å². The number of benzene rings is 2. The molecule has 2 aromatic carbocycles. The van der Waals surface area contributed by atoms with Gasteiger partial charge in [-0.15, -0.1) is 0 Å². The normalized spacial score (nSPS) is 10.5. The minimum atomic E-state index is 0.855. The van der Waals surface area contributed by atoms with E-state index in [1.807, 2.05) is 54.6 Å². The molecule has 120 valence electrons. The molecule has 2 heterocycles. The molecule has 0 aliphatic heterocycles. The molecule has 0 aliphatic carbocycles. The van der Waals surface area contributed by atoms with Crippen LogP contribution in [0.5, 0.6) is 0 Å². The lowest BCUT2D eigenvalue weighted by Crippen LogP contribution is -1.80. The summed E-state index contributed by atoms with van der Waals surface area (Å²) in [6.07, 6.45) is 0. The lowest BCUT2D eigenvalue weighted by molar-refractivity contribution is 1.34. The molecular weight excluding hydrogens is 564 g/mol. The lowest BCUT2D eigenvalue weighted by Gasteiger charge is -1.99. The Bertz CT molecular complexity index is 977. The van der Waals surface area contributed by atoms with Crippen molar-refractivity contribution < 1.29 is 0 Å². The standard InChI is InChI=1S/2C9H5Br2N/c10-7-2-3-8-6(5-7)1-4-9(11)12-8;10-7-5-9(11)12-8-4-2-1-3-6(7)8/h2*1-5H. The molecule has 0 saturated carbocycles. The van der Waals surface area contributed by atoms with Crippen molar-refractivity contribution in [1.29, 1.82) is 0 Å². The van der Waals surface area contributed by atoms with Crippen LogP contribution in [0.1, 0.15) is 0 Å². The van der Waals surface area contributed by atoms with Crippen molar-refractivity contribution >= 4 is 85.5 Å². The van der Waals surface area contributed by atoms with Crippen LogP contribution < -0.4 is 0 Å². The molecule has 6 heteroatoms. The fraction of sp³-hybridized carbons (Fsp3) is 0. The Morgan fingerprint density at radius 3 is 2.21 bits per heavy atom. The summed E-state index contributed by atoms with van der Waals surface area (Å²) in [6, 6.07) is 20.0. The summed E-state index contributed by atoms with van der Waals surface area (Å²) >= 11 is 13.6. The maximum Gasteiger partial charge on any atom is 0.107 e. The predicted octanol–water partition coefficient (Wildman–Crippen LogP) is 7.52. The largest absolute Gasteiger partial charge is 0.241 e. The van der Waals surface area contributed by atoms with Crippen LogP contribution in [0.4, 0.5) is 0 Å². The molecule has 4 aromatic rings. The maximum absolute atomic E-state index is 4.32. The smallest absolute Gasteiger partial charge is 0.107 e. The fourth-order valence-corrected chi connectivity index (χ4v) is 4.16. The van der Waals surface area contributed by atoms with Gasteiger partial charge < -0.3 is 0 Å². The molecule has 0 radical (unpaired) electrons. The average Bonchev–Trinajstić information content (AvgIpc) is 2.55. The second-order valence-electron chi connectivity index (χ2n) is 4.91. The van der Waals surface area contributed by atoms with Crippen LogP contribution in [0.3, 0.4) is 0 Å². The summed E-state index contributed by atoms with van der Waals surface area (Å²) < 4.78 is 3.88. The van der Waals surface area contributed by atoms with Gasteiger partial charge >= 0.3 is 0 Å². The summed E-state index contributed by atoms with van der Waals surface area (Å²) in [5.41, 5.74) is 2.01. The molecule has 0 spiro atoms. The van der Waals surface area contributed by atoms with Crippen LogP contribution in [0.15, 0.2) is 78.8 Å². The van der Waals surface area contributed by atoms with E-state index in [4.69, 9.17) is 0 Å². The van der Waals surface area contributed by atoms with Gasteiger partial charge in [0, 0.05) is 19.7 Å². The molecule has 0 amide bonds. The fourth-order valence-electron chi connectivity index (χ4n) is 2.17. The van der Waals surface area contributed by atoms with Crippen molar-refractivity contribution in [3.63, 3.8) is 0 Å². The second kappa shape index (κ2) is 8.04. The first-order valence-electron chi connectivity index (χ1n) is 6.95. The Labute approximate surface area is 173 Å². The highest BCUT2D eigenvalue weighted by Gasteiger charge is 1.99. The molecule has 0 fully saturated rings. The number of pyridine rings is 2. The summed E-state index contributed by atoms with van der Waals surface area (Å²) in [5.74, 6) is 0. The Hall–Kier alpha value is -0.820. The molecule has 0 aliphatic rings. The van der Waals surface area contributed by atoms with Crippen molar-refractivity contribution in [3.05, 3.63) is 78.8 Å². The first-order chi connectivity index (χ1) is 11.5.